The summed E-state index contributed by atoms with van der Waals surface area (Å²) in [4.78, 5) is 8.57. The molecule has 5 heteroatoms. The number of aliphatic imine (C=N–C) groups is 1. The van der Waals surface area contributed by atoms with E-state index in [2.05, 4.69) is 34.3 Å². The van der Waals surface area contributed by atoms with Crippen molar-refractivity contribution in [3.63, 3.8) is 0 Å². The molecule has 0 amide bonds. The quantitative estimate of drug-likeness (QED) is 0.422. The summed E-state index contributed by atoms with van der Waals surface area (Å²) in [6, 6.07) is 16.1. The topological polar surface area (TPSA) is 72.5 Å². The highest BCUT2D eigenvalue weighted by Gasteiger charge is 2.03. The van der Waals surface area contributed by atoms with E-state index >= 15 is 0 Å². The third kappa shape index (κ3) is 6.79. The van der Waals surface area contributed by atoms with E-state index in [1.54, 1.807) is 6.20 Å². The van der Waals surface area contributed by atoms with Crippen molar-refractivity contribution < 1.29 is 4.74 Å². The maximum Gasteiger partial charge on any atom is 0.188 e. The Bertz CT molecular complexity index is 601. The summed E-state index contributed by atoms with van der Waals surface area (Å²) in [7, 11) is 0. The van der Waals surface area contributed by atoms with E-state index in [1.165, 1.54) is 5.56 Å². The van der Waals surface area contributed by atoms with Crippen LogP contribution in [0.15, 0.2) is 59.7 Å². The third-order valence-electron chi connectivity index (χ3n) is 3.63. The lowest BCUT2D eigenvalue weighted by atomic mass is 10.1. The van der Waals surface area contributed by atoms with Gasteiger partial charge in [0, 0.05) is 38.0 Å². The molecule has 1 aromatic heterocycles. The highest BCUT2D eigenvalue weighted by Crippen LogP contribution is 2.15. The van der Waals surface area contributed by atoms with E-state index in [0.717, 1.165) is 25.1 Å². The fraction of sp³-hybridized carbons (Fsp3) is 0.368. The fourth-order valence-corrected chi connectivity index (χ4v) is 2.26. The van der Waals surface area contributed by atoms with Crippen LogP contribution in [0, 0.1) is 0 Å². The molecule has 1 heterocycles. The van der Waals surface area contributed by atoms with Gasteiger partial charge >= 0.3 is 0 Å². The van der Waals surface area contributed by atoms with Crippen molar-refractivity contribution in [1.29, 1.82) is 0 Å². The largest absolute Gasteiger partial charge is 0.374 e. The van der Waals surface area contributed by atoms with Crippen LogP contribution in [0.5, 0.6) is 0 Å². The van der Waals surface area contributed by atoms with Gasteiger partial charge in [-0.1, -0.05) is 36.4 Å². The molecule has 0 saturated heterocycles. The van der Waals surface area contributed by atoms with E-state index in [4.69, 9.17) is 10.5 Å². The fourth-order valence-electron chi connectivity index (χ4n) is 2.26. The van der Waals surface area contributed by atoms with Gasteiger partial charge < -0.3 is 15.8 Å². The molecule has 0 bridgehead atoms. The van der Waals surface area contributed by atoms with Crippen LogP contribution in [0.2, 0.25) is 0 Å². The minimum atomic E-state index is 0.101. The minimum absolute atomic E-state index is 0.101. The number of pyridine rings is 1. The number of rotatable bonds is 9. The molecule has 0 spiro atoms. The van der Waals surface area contributed by atoms with Gasteiger partial charge in [-0.15, -0.1) is 0 Å². The molecule has 0 aliphatic rings. The Morgan fingerprint density at radius 1 is 1.21 bits per heavy atom. The summed E-state index contributed by atoms with van der Waals surface area (Å²) < 4.78 is 5.81. The predicted octanol–water partition coefficient (Wildman–Crippen LogP) is 2.70. The molecule has 3 N–H and O–H groups in total. The van der Waals surface area contributed by atoms with Crippen LogP contribution >= 0.6 is 0 Å². The number of ether oxygens (including phenoxy) is 1. The van der Waals surface area contributed by atoms with Crippen molar-refractivity contribution in [2.24, 2.45) is 10.7 Å². The molecule has 2 aromatic rings. The van der Waals surface area contributed by atoms with Crippen molar-refractivity contribution in [3.8, 4) is 0 Å². The summed E-state index contributed by atoms with van der Waals surface area (Å²) in [5.41, 5.74) is 8.08. The van der Waals surface area contributed by atoms with Gasteiger partial charge in [0.15, 0.2) is 5.96 Å². The number of nitrogens with one attached hydrogen (secondary N) is 1. The molecule has 5 nitrogen and oxygen atoms in total. The van der Waals surface area contributed by atoms with Crippen LogP contribution in [0.25, 0.3) is 0 Å². The highest BCUT2D eigenvalue weighted by molar-refractivity contribution is 5.77. The maximum absolute atomic E-state index is 5.85. The van der Waals surface area contributed by atoms with Gasteiger partial charge in [-0.2, -0.15) is 0 Å². The molecule has 0 aliphatic heterocycles. The number of hydrogen-bond acceptors (Lipinski definition) is 3. The summed E-state index contributed by atoms with van der Waals surface area (Å²) in [5.74, 6) is 0.474. The first-order valence-electron chi connectivity index (χ1n) is 8.36. The number of nitrogens with two attached hydrogens (primary N) is 1. The van der Waals surface area contributed by atoms with Crippen LogP contribution in [-0.2, 0) is 11.2 Å². The molecule has 24 heavy (non-hydrogen) atoms. The second-order valence-electron chi connectivity index (χ2n) is 5.54. The van der Waals surface area contributed by atoms with Gasteiger partial charge in [0.1, 0.15) is 0 Å². The molecule has 0 fully saturated rings. The first-order chi connectivity index (χ1) is 11.8. The van der Waals surface area contributed by atoms with Crippen molar-refractivity contribution in [1.82, 2.24) is 10.3 Å². The number of nitrogens with zero attached hydrogens (tertiary/aromatic N) is 2. The van der Waals surface area contributed by atoms with Gasteiger partial charge in [0.05, 0.1) is 6.10 Å². The van der Waals surface area contributed by atoms with Gasteiger partial charge in [0.25, 0.3) is 0 Å². The summed E-state index contributed by atoms with van der Waals surface area (Å²) >= 11 is 0. The first-order valence-corrected chi connectivity index (χ1v) is 8.36. The molecular formula is C19H26N4O. The van der Waals surface area contributed by atoms with E-state index in [9.17, 15) is 0 Å². The number of aromatic nitrogens is 1. The van der Waals surface area contributed by atoms with Crippen LogP contribution in [0.4, 0.5) is 0 Å². The Morgan fingerprint density at radius 2 is 2.00 bits per heavy atom. The van der Waals surface area contributed by atoms with Gasteiger partial charge in [0.2, 0.25) is 0 Å². The summed E-state index contributed by atoms with van der Waals surface area (Å²) in [5, 5.41) is 3.10. The van der Waals surface area contributed by atoms with Crippen molar-refractivity contribution in [2.45, 2.75) is 25.9 Å². The van der Waals surface area contributed by atoms with E-state index < -0.39 is 0 Å². The molecular weight excluding hydrogens is 300 g/mol. The number of benzene rings is 1. The lowest BCUT2D eigenvalue weighted by Crippen LogP contribution is -2.33. The Kier molecular flexibility index (Phi) is 7.77. The standard InChI is InChI=1S/C19H26N4O/c1-16(17-8-3-2-4-9-17)24-15-7-13-22-19(20)23-14-11-18-10-5-6-12-21-18/h2-6,8-10,12,16H,7,11,13-15H2,1H3,(H3,20,22,23). The average Bonchev–Trinajstić information content (AvgIpc) is 2.63. The SMILES string of the molecule is CC(OCCCN=C(N)NCCc1ccccn1)c1ccccc1. The van der Waals surface area contributed by atoms with E-state index in [-0.39, 0.29) is 6.10 Å². The molecule has 2 rings (SSSR count). The predicted molar refractivity (Wildman–Crippen MR) is 97.9 cm³/mol. The van der Waals surface area contributed by atoms with Crippen molar-refractivity contribution in [3.05, 3.63) is 66.0 Å². The van der Waals surface area contributed by atoms with Crippen molar-refractivity contribution >= 4 is 5.96 Å². The number of guanidine groups is 1. The zero-order valence-electron chi connectivity index (χ0n) is 14.2. The molecule has 1 unspecified atom stereocenters. The Labute approximate surface area is 144 Å². The molecule has 0 saturated carbocycles. The molecule has 1 atom stereocenters. The van der Waals surface area contributed by atoms with Crippen LogP contribution < -0.4 is 11.1 Å². The molecule has 0 radical (unpaired) electrons. The maximum atomic E-state index is 5.85. The van der Waals surface area contributed by atoms with Gasteiger partial charge in [-0.05, 0) is 31.0 Å². The monoisotopic (exact) mass is 326 g/mol. The van der Waals surface area contributed by atoms with Crippen LogP contribution in [0.1, 0.15) is 30.7 Å². The lowest BCUT2D eigenvalue weighted by Gasteiger charge is -2.12. The normalized spacial score (nSPS) is 12.8. The zero-order chi connectivity index (χ0) is 17.0. The van der Waals surface area contributed by atoms with Crippen LogP contribution in [-0.4, -0.2) is 30.6 Å². The highest BCUT2D eigenvalue weighted by atomic mass is 16.5. The van der Waals surface area contributed by atoms with Crippen molar-refractivity contribution in [2.75, 3.05) is 19.7 Å². The molecule has 1 aromatic carbocycles. The second-order valence-corrected chi connectivity index (χ2v) is 5.54. The lowest BCUT2D eigenvalue weighted by molar-refractivity contribution is 0.0652. The van der Waals surface area contributed by atoms with Gasteiger partial charge in [-0.3, -0.25) is 9.98 Å². The number of hydrogen-bond donors (Lipinski definition) is 2. The van der Waals surface area contributed by atoms with Crippen LogP contribution in [0.3, 0.4) is 0 Å². The zero-order valence-corrected chi connectivity index (χ0v) is 14.2. The third-order valence-corrected chi connectivity index (χ3v) is 3.63. The van der Waals surface area contributed by atoms with E-state index in [1.807, 2.05) is 36.4 Å². The Morgan fingerprint density at radius 3 is 2.75 bits per heavy atom. The van der Waals surface area contributed by atoms with Gasteiger partial charge in [-0.25, -0.2) is 0 Å². The molecule has 128 valence electrons. The molecule has 0 aliphatic carbocycles. The Balaban J connectivity index is 1.56. The first kappa shape index (κ1) is 17.9. The summed E-state index contributed by atoms with van der Waals surface area (Å²) in [6.45, 7) is 4.12. The summed E-state index contributed by atoms with van der Waals surface area (Å²) in [6.07, 6.45) is 3.57. The smallest absolute Gasteiger partial charge is 0.188 e. The Hall–Kier alpha value is -2.40. The average molecular weight is 326 g/mol. The second kappa shape index (κ2) is 10.4. The van der Waals surface area contributed by atoms with E-state index in [0.29, 0.717) is 19.1 Å². The minimum Gasteiger partial charge on any atom is -0.374 e.